The monoisotopic (exact) mass is 437 g/mol. The van der Waals surface area contributed by atoms with Gasteiger partial charge in [-0.1, -0.05) is 11.6 Å². The van der Waals surface area contributed by atoms with Crippen LogP contribution in [0.4, 0.5) is 0 Å². The zero-order valence-corrected chi connectivity index (χ0v) is 18.0. The van der Waals surface area contributed by atoms with Gasteiger partial charge in [-0.25, -0.2) is 0 Å². The lowest BCUT2D eigenvalue weighted by Gasteiger charge is -2.40. The summed E-state index contributed by atoms with van der Waals surface area (Å²) in [6.07, 6.45) is 3.59. The molecule has 1 aliphatic heterocycles. The maximum Gasteiger partial charge on any atom is 0.242 e. The molecule has 1 aliphatic rings. The van der Waals surface area contributed by atoms with Crippen molar-refractivity contribution in [1.82, 2.24) is 24.8 Å². The van der Waals surface area contributed by atoms with E-state index in [2.05, 4.69) is 32.0 Å². The molecule has 0 radical (unpaired) electrons. The standard InChI is InChI=1S/C23H24ClN5O2/c1-31-14-22-23(30)29(13-19-10-16-11-25-5-4-21(16)27-19)7-6-28(22)12-18-9-15-8-17(24)2-3-20(15)26-18/h2-5,8-11,22,26-27H,6-7,12-14H2,1H3. The number of carbonyl (C=O) groups is 1. The van der Waals surface area contributed by atoms with E-state index in [0.717, 1.165) is 39.7 Å². The molecular weight excluding hydrogens is 414 g/mol. The Balaban J connectivity index is 1.32. The molecule has 0 spiro atoms. The fraction of sp³-hybridized carbons (Fsp3) is 0.304. The quantitative estimate of drug-likeness (QED) is 0.483. The summed E-state index contributed by atoms with van der Waals surface area (Å²) in [7, 11) is 1.64. The molecule has 1 aromatic carbocycles. The van der Waals surface area contributed by atoms with Crippen LogP contribution in [-0.2, 0) is 22.6 Å². The summed E-state index contributed by atoms with van der Waals surface area (Å²) in [4.78, 5) is 28.4. The number of aromatic amines is 2. The molecule has 1 amide bonds. The number of methoxy groups -OCH3 is 1. The summed E-state index contributed by atoms with van der Waals surface area (Å²) in [5, 5.41) is 2.84. The van der Waals surface area contributed by atoms with Crippen LogP contribution in [0.3, 0.4) is 0 Å². The van der Waals surface area contributed by atoms with Gasteiger partial charge in [0.2, 0.25) is 5.91 Å². The molecule has 0 aliphatic carbocycles. The van der Waals surface area contributed by atoms with Gasteiger partial charge in [0, 0.05) is 77.4 Å². The molecule has 5 rings (SSSR count). The van der Waals surface area contributed by atoms with Crippen LogP contribution in [-0.4, -0.2) is 63.5 Å². The van der Waals surface area contributed by atoms with Gasteiger partial charge < -0.3 is 19.6 Å². The number of nitrogens with one attached hydrogen (secondary N) is 2. The Morgan fingerprint density at radius 3 is 2.65 bits per heavy atom. The summed E-state index contributed by atoms with van der Waals surface area (Å²) in [5.41, 5.74) is 4.14. The van der Waals surface area contributed by atoms with Crippen molar-refractivity contribution in [2.75, 3.05) is 26.8 Å². The number of aromatic nitrogens is 3. The molecule has 3 aromatic heterocycles. The van der Waals surface area contributed by atoms with Gasteiger partial charge in [0.25, 0.3) is 0 Å². The van der Waals surface area contributed by atoms with Gasteiger partial charge >= 0.3 is 0 Å². The molecule has 160 valence electrons. The third-order valence-electron chi connectivity index (χ3n) is 5.87. The number of nitrogens with zero attached hydrogens (tertiary/aromatic N) is 3. The van der Waals surface area contributed by atoms with E-state index >= 15 is 0 Å². The van der Waals surface area contributed by atoms with E-state index in [4.69, 9.17) is 16.3 Å². The molecule has 4 aromatic rings. The molecule has 2 N–H and O–H groups in total. The summed E-state index contributed by atoms with van der Waals surface area (Å²) in [6.45, 7) is 3.00. The molecule has 7 nitrogen and oxygen atoms in total. The van der Waals surface area contributed by atoms with Crippen LogP contribution in [0.15, 0.2) is 48.8 Å². The van der Waals surface area contributed by atoms with Crippen LogP contribution in [0.1, 0.15) is 11.4 Å². The minimum absolute atomic E-state index is 0.0871. The third kappa shape index (κ3) is 4.04. The number of carbonyl (C=O) groups excluding carboxylic acids is 1. The van der Waals surface area contributed by atoms with Crippen molar-refractivity contribution in [2.45, 2.75) is 19.1 Å². The summed E-state index contributed by atoms with van der Waals surface area (Å²) in [6, 6.07) is 11.6. The van der Waals surface area contributed by atoms with E-state index in [1.165, 1.54) is 0 Å². The lowest BCUT2D eigenvalue weighted by molar-refractivity contribution is -0.145. The average Bonchev–Trinajstić information content (AvgIpc) is 3.35. The SMILES string of the molecule is COCC1C(=O)N(Cc2cc3cnccc3[nH]2)CCN1Cc1cc2cc(Cl)ccc2[nH]1. The van der Waals surface area contributed by atoms with E-state index in [1.54, 1.807) is 13.3 Å². The van der Waals surface area contributed by atoms with E-state index in [1.807, 2.05) is 35.4 Å². The summed E-state index contributed by atoms with van der Waals surface area (Å²) >= 11 is 6.11. The Hall–Kier alpha value is -2.87. The highest BCUT2D eigenvalue weighted by Gasteiger charge is 2.35. The van der Waals surface area contributed by atoms with E-state index in [0.29, 0.717) is 31.3 Å². The first-order valence-corrected chi connectivity index (χ1v) is 10.7. The Bertz CT molecular complexity index is 1200. The largest absolute Gasteiger partial charge is 0.383 e. The van der Waals surface area contributed by atoms with Crippen LogP contribution < -0.4 is 0 Å². The fourth-order valence-corrected chi connectivity index (χ4v) is 4.53. The minimum Gasteiger partial charge on any atom is -0.383 e. The molecule has 4 heterocycles. The lowest BCUT2D eigenvalue weighted by Crippen LogP contribution is -2.57. The molecule has 1 fully saturated rings. The Labute approximate surface area is 185 Å². The number of pyridine rings is 1. The normalized spacial score (nSPS) is 17.8. The summed E-state index contributed by atoms with van der Waals surface area (Å²) in [5.74, 6) is 0.0871. The van der Waals surface area contributed by atoms with E-state index in [9.17, 15) is 4.79 Å². The van der Waals surface area contributed by atoms with Crippen molar-refractivity contribution in [2.24, 2.45) is 0 Å². The van der Waals surface area contributed by atoms with Crippen molar-refractivity contribution in [3.05, 3.63) is 65.2 Å². The maximum atomic E-state index is 13.3. The fourth-order valence-electron chi connectivity index (χ4n) is 4.35. The van der Waals surface area contributed by atoms with Gasteiger partial charge in [-0.15, -0.1) is 0 Å². The van der Waals surface area contributed by atoms with Crippen LogP contribution in [0.2, 0.25) is 5.02 Å². The highest BCUT2D eigenvalue weighted by molar-refractivity contribution is 6.31. The topological polar surface area (TPSA) is 77.2 Å². The number of ether oxygens (including phenoxy) is 1. The predicted molar refractivity (Wildman–Crippen MR) is 121 cm³/mol. The average molecular weight is 438 g/mol. The molecule has 1 saturated heterocycles. The number of hydrogen-bond donors (Lipinski definition) is 2. The van der Waals surface area contributed by atoms with Crippen molar-refractivity contribution in [3.63, 3.8) is 0 Å². The second-order valence-electron chi connectivity index (χ2n) is 7.99. The first-order valence-electron chi connectivity index (χ1n) is 10.3. The lowest BCUT2D eigenvalue weighted by atomic mass is 10.1. The smallest absolute Gasteiger partial charge is 0.242 e. The Morgan fingerprint density at radius 2 is 1.84 bits per heavy atom. The molecule has 1 atom stereocenters. The van der Waals surface area contributed by atoms with E-state index < -0.39 is 0 Å². The second kappa shape index (κ2) is 8.34. The van der Waals surface area contributed by atoms with Crippen molar-refractivity contribution in [1.29, 1.82) is 0 Å². The van der Waals surface area contributed by atoms with Gasteiger partial charge in [0.05, 0.1) is 13.2 Å². The van der Waals surface area contributed by atoms with Crippen molar-refractivity contribution in [3.8, 4) is 0 Å². The van der Waals surface area contributed by atoms with Gasteiger partial charge in [0.1, 0.15) is 6.04 Å². The van der Waals surface area contributed by atoms with Crippen LogP contribution in [0.25, 0.3) is 21.8 Å². The minimum atomic E-state index is -0.320. The number of H-pyrrole nitrogens is 2. The van der Waals surface area contributed by atoms with Crippen molar-refractivity contribution < 1.29 is 9.53 Å². The van der Waals surface area contributed by atoms with Gasteiger partial charge in [-0.3, -0.25) is 14.7 Å². The number of piperazine rings is 1. The molecule has 1 unspecified atom stereocenters. The third-order valence-corrected chi connectivity index (χ3v) is 6.10. The van der Waals surface area contributed by atoms with Crippen LogP contribution in [0.5, 0.6) is 0 Å². The molecule has 8 heteroatoms. The predicted octanol–water partition coefficient (Wildman–Crippen LogP) is 3.56. The number of hydrogen-bond acceptors (Lipinski definition) is 4. The second-order valence-corrected chi connectivity index (χ2v) is 8.42. The van der Waals surface area contributed by atoms with Gasteiger partial charge in [0.15, 0.2) is 0 Å². The maximum absolute atomic E-state index is 13.3. The molecule has 0 bridgehead atoms. The zero-order chi connectivity index (χ0) is 21.4. The molecule has 31 heavy (non-hydrogen) atoms. The number of benzene rings is 1. The number of amides is 1. The van der Waals surface area contributed by atoms with E-state index in [-0.39, 0.29) is 11.9 Å². The Morgan fingerprint density at radius 1 is 1.06 bits per heavy atom. The zero-order valence-electron chi connectivity index (χ0n) is 17.3. The van der Waals surface area contributed by atoms with Gasteiger partial charge in [-0.2, -0.15) is 0 Å². The first kappa shape index (κ1) is 20.1. The molecule has 0 saturated carbocycles. The number of fused-ring (bicyclic) bond motifs is 2. The Kier molecular flexibility index (Phi) is 5.40. The first-order chi connectivity index (χ1) is 15.1. The highest BCUT2D eigenvalue weighted by Crippen LogP contribution is 2.23. The number of rotatable bonds is 6. The number of halogens is 1. The van der Waals surface area contributed by atoms with Crippen LogP contribution in [0, 0.1) is 0 Å². The molecular formula is C23H24ClN5O2. The van der Waals surface area contributed by atoms with Crippen molar-refractivity contribution >= 4 is 39.3 Å². The summed E-state index contributed by atoms with van der Waals surface area (Å²) < 4.78 is 5.41. The van der Waals surface area contributed by atoms with Gasteiger partial charge in [-0.05, 0) is 36.4 Å². The highest BCUT2D eigenvalue weighted by atomic mass is 35.5. The van der Waals surface area contributed by atoms with Crippen LogP contribution >= 0.6 is 11.6 Å².